The molecule has 0 aromatic rings. The lowest BCUT2D eigenvalue weighted by Gasteiger charge is -2.05. The number of hydrogen-bond donors (Lipinski definition) is 0. The summed E-state index contributed by atoms with van der Waals surface area (Å²) in [5, 5.41) is 0. The van der Waals surface area contributed by atoms with Crippen LogP contribution in [-0.2, 0) is 0 Å². The van der Waals surface area contributed by atoms with E-state index < -0.39 is 7.26 Å². The molecular formula is C5H15FP+. The van der Waals surface area contributed by atoms with E-state index in [4.69, 9.17) is 0 Å². The van der Waals surface area contributed by atoms with Crippen molar-refractivity contribution in [1.29, 1.82) is 0 Å². The maximum absolute atomic E-state index is 2.35. The SMILES string of the molecule is CC[P+](C)(C)C.F. The summed E-state index contributed by atoms with van der Waals surface area (Å²) in [5.41, 5.74) is 0. The fourth-order valence-corrected chi connectivity index (χ4v) is 0. The molecule has 0 rings (SSSR count). The molecule has 0 aliphatic heterocycles. The van der Waals surface area contributed by atoms with Crippen molar-refractivity contribution in [2.45, 2.75) is 6.92 Å². The highest BCUT2D eigenvalue weighted by Gasteiger charge is 2.10. The first kappa shape index (κ1) is 10.4. The minimum atomic E-state index is -0.397. The molecule has 0 saturated heterocycles. The predicted molar refractivity (Wildman–Crippen MR) is 37.7 cm³/mol. The number of halogens is 1. The third-order valence-corrected chi connectivity index (χ3v) is 2.85. The Balaban J connectivity index is 0. The maximum atomic E-state index is 2.35. The minimum absolute atomic E-state index is 0. The molecule has 0 aromatic carbocycles. The molecule has 7 heavy (non-hydrogen) atoms. The van der Waals surface area contributed by atoms with E-state index in [1.54, 1.807) is 0 Å². The topological polar surface area (TPSA) is 0 Å². The molecule has 0 spiro atoms. The van der Waals surface area contributed by atoms with Crippen LogP contribution in [0.5, 0.6) is 0 Å². The van der Waals surface area contributed by atoms with Gasteiger partial charge in [0.1, 0.15) is 0 Å². The zero-order valence-electron chi connectivity index (χ0n) is 5.56. The minimum Gasteiger partial charge on any atom is -0.269 e. The lowest BCUT2D eigenvalue weighted by atomic mass is 11.0. The Morgan fingerprint density at radius 1 is 1.14 bits per heavy atom. The predicted octanol–water partition coefficient (Wildman–Crippen LogP) is 2.07. The Labute approximate surface area is 46.0 Å². The van der Waals surface area contributed by atoms with Crippen LogP contribution in [0.15, 0.2) is 0 Å². The third-order valence-electron chi connectivity index (χ3n) is 0.949. The summed E-state index contributed by atoms with van der Waals surface area (Å²) < 4.78 is 0. The van der Waals surface area contributed by atoms with E-state index in [1.165, 1.54) is 6.16 Å². The molecule has 0 heterocycles. The second-order valence-corrected chi connectivity index (χ2v) is 7.82. The molecular weight excluding hydrogens is 110 g/mol. The van der Waals surface area contributed by atoms with Crippen molar-refractivity contribution in [3.63, 3.8) is 0 Å². The van der Waals surface area contributed by atoms with Crippen molar-refractivity contribution in [2.24, 2.45) is 0 Å². The lowest BCUT2D eigenvalue weighted by Crippen LogP contribution is -1.84. The van der Waals surface area contributed by atoms with Crippen LogP contribution in [-0.4, -0.2) is 26.2 Å². The van der Waals surface area contributed by atoms with Gasteiger partial charge in [0.25, 0.3) is 0 Å². The zero-order valence-corrected chi connectivity index (χ0v) is 6.46. The molecule has 0 fully saturated rings. The molecule has 0 bridgehead atoms. The van der Waals surface area contributed by atoms with Crippen LogP contribution in [0.3, 0.4) is 0 Å². The number of hydrogen-bond acceptors (Lipinski definition) is 0. The summed E-state index contributed by atoms with van der Waals surface area (Å²) >= 11 is 0. The molecule has 0 atom stereocenters. The van der Waals surface area contributed by atoms with Gasteiger partial charge in [-0.05, 0) is 6.92 Å². The summed E-state index contributed by atoms with van der Waals surface area (Å²) in [6, 6.07) is 0. The molecule has 0 saturated carbocycles. The van der Waals surface area contributed by atoms with E-state index in [0.29, 0.717) is 0 Å². The molecule has 0 aromatic heterocycles. The molecule has 0 unspecified atom stereocenters. The van der Waals surface area contributed by atoms with E-state index in [0.717, 1.165) is 0 Å². The van der Waals surface area contributed by atoms with Gasteiger partial charge in [0.2, 0.25) is 0 Å². The van der Waals surface area contributed by atoms with E-state index in [-0.39, 0.29) is 4.70 Å². The largest absolute Gasteiger partial charge is 0.269 e. The molecule has 46 valence electrons. The standard InChI is InChI=1S/C5H14P.FH/c1-5-6(2,3)4;/h5H2,1-4H3;1H/q+1;. The van der Waals surface area contributed by atoms with Gasteiger partial charge in [-0.15, -0.1) is 0 Å². The van der Waals surface area contributed by atoms with Crippen molar-refractivity contribution in [2.75, 3.05) is 26.2 Å². The fraction of sp³-hybridized carbons (Fsp3) is 1.00. The van der Waals surface area contributed by atoms with Gasteiger partial charge < -0.3 is 0 Å². The quantitative estimate of drug-likeness (QED) is 0.470. The van der Waals surface area contributed by atoms with E-state index >= 15 is 0 Å². The van der Waals surface area contributed by atoms with E-state index in [1.807, 2.05) is 0 Å². The summed E-state index contributed by atoms with van der Waals surface area (Å²) in [7, 11) is -0.397. The van der Waals surface area contributed by atoms with Gasteiger partial charge in [0, 0.05) is 27.3 Å². The van der Waals surface area contributed by atoms with Crippen molar-refractivity contribution < 1.29 is 4.70 Å². The maximum Gasteiger partial charge on any atom is 0.0558 e. The third kappa shape index (κ3) is 10.7. The normalized spacial score (nSPS) is 10.3. The van der Waals surface area contributed by atoms with E-state index in [2.05, 4.69) is 26.9 Å². The van der Waals surface area contributed by atoms with Crippen LogP contribution in [0.1, 0.15) is 6.92 Å². The Hall–Kier alpha value is 0.360. The molecule has 0 radical (unpaired) electrons. The number of rotatable bonds is 1. The summed E-state index contributed by atoms with van der Waals surface area (Å²) in [6.45, 7) is 9.32. The first-order valence-corrected chi connectivity index (χ1v) is 5.68. The van der Waals surface area contributed by atoms with E-state index in [9.17, 15) is 0 Å². The monoisotopic (exact) mass is 125 g/mol. The highest BCUT2D eigenvalue weighted by molar-refractivity contribution is 7.73. The van der Waals surface area contributed by atoms with Crippen molar-refractivity contribution >= 4 is 7.26 Å². The molecule has 0 N–H and O–H groups in total. The fourth-order valence-electron chi connectivity index (χ4n) is 0. The van der Waals surface area contributed by atoms with Crippen molar-refractivity contribution in [1.82, 2.24) is 0 Å². The summed E-state index contributed by atoms with van der Waals surface area (Å²) in [4.78, 5) is 0. The average Bonchev–Trinajstić information content (AvgIpc) is 1.35. The second-order valence-electron chi connectivity index (χ2n) is 2.61. The summed E-state index contributed by atoms with van der Waals surface area (Å²) in [6.07, 6.45) is 1.38. The Morgan fingerprint density at radius 3 is 1.29 bits per heavy atom. The van der Waals surface area contributed by atoms with Crippen LogP contribution in [0.2, 0.25) is 0 Å². The van der Waals surface area contributed by atoms with Crippen LogP contribution < -0.4 is 0 Å². The first-order chi connectivity index (χ1) is 2.56. The van der Waals surface area contributed by atoms with Gasteiger partial charge in [0.15, 0.2) is 0 Å². The highest BCUT2D eigenvalue weighted by atomic mass is 31.2. The van der Waals surface area contributed by atoms with Crippen LogP contribution in [0.4, 0.5) is 4.70 Å². The Kier molecular flexibility index (Phi) is 4.99. The van der Waals surface area contributed by atoms with Crippen LogP contribution >= 0.6 is 7.26 Å². The Bertz CT molecular complexity index is 37.8. The molecule has 2 heteroatoms. The molecule has 0 nitrogen and oxygen atoms in total. The van der Waals surface area contributed by atoms with Gasteiger partial charge in [-0.2, -0.15) is 0 Å². The van der Waals surface area contributed by atoms with Crippen LogP contribution in [0, 0.1) is 0 Å². The molecule has 0 aliphatic carbocycles. The van der Waals surface area contributed by atoms with Crippen molar-refractivity contribution in [3.05, 3.63) is 0 Å². The highest BCUT2D eigenvalue weighted by Crippen LogP contribution is 2.45. The molecule has 0 amide bonds. The van der Waals surface area contributed by atoms with Gasteiger partial charge in [-0.1, -0.05) is 0 Å². The zero-order chi connectivity index (χ0) is 5.21. The lowest BCUT2D eigenvalue weighted by molar-refractivity contribution is 1.11. The second kappa shape index (κ2) is 3.37. The Morgan fingerprint density at radius 2 is 1.29 bits per heavy atom. The summed E-state index contributed by atoms with van der Waals surface area (Å²) in [5.74, 6) is 0. The van der Waals surface area contributed by atoms with Gasteiger partial charge in [-0.25, -0.2) is 0 Å². The van der Waals surface area contributed by atoms with Gasteiger partial charge >= 0.3 is 0 Å². The molecule has 0 aliphatic rings. The first-order valence-electron chi connectivity index (χ1n) is 2.36. The average molecular weight is 125 g/mol. The van der Waals surface area contributed by atoms with Gasteiger partial charge in [-0.3, -0.25) is 4.70 Å². The van der Waals surface area contributed by atoms with Gasteiger partial charge in [0.05, 0.1) is 6.16 Å². The van der Waals surface area contributed by atoms with Crippen LogP contribution in [0.25, 0.3) is 0 Å². The smallest absolute Gasteiger partial charge is 0.0558 e. The van der Waals surface area contributed by atoms with Crippen molar-refractivity contribution in [3.8, 4) is 0 Å².